The lowest BCUT2D eigenvalue weighted by molar-refractivity contribution is 0.835. The summed E-state index contributed by atoms with van der Waals surface area (Å²) in [6.07, 6.45) is 1.58. The summed E-state index contributed by atoms with van der Waals surface area (Å²) in [5.74, 6) is 0. The standard InChI is InChI=1S/C12H13N3O/c1-9-11(8-13-2)12(16)15(14-9)10-6-4-3-5-7-10/h3-8,14H,1-2H3. The van der Waals surface area contributed by atoms with Crippen LogP contribution in [-0.4, -0.2) is 23.0 Å². The molecule has 82 valence electrons. The van der Waals surface area contributed by atoms with E-state index in [0.717, 1.165) is 11.4 Å². The smallest absolute Gasteiger partial charge is 0.280 e. The van der Waals surface area contributed by atoms with Crippen molar-refractivity contribution in [3.63, 3.8) is 0 Å². The van der Waals surface area contributed by atoms with Crippen LogP contribution in [0.1, 0.15) is 11.3 Å². The van der Waals surface area contributed by atoms with E-state index in [4.69, 9.17) is 0 Å². The predicted molar refractivity (Wildman–Crippen MR) is 64.6 cm³/mol. The van der Waals surface area contributed by atoms with Crippen molar-refractivity contribution in [3.05, 3.63) is 51.9 Å². The third-order valence-electron chi connectivity index (χ3n) is 2.39. The molecule has 0 amide bonds. The highest BCUT2D eigenvalue weighted by atomic mass is 16.1. The molecular weight excluding hydrogens is 202 g/mol. The van der Waals surface area contributed by atoms with Gasteiger partial charge >= 0.3 is 0 Å². The van der Waals surface area contributed by atoms with Crippen LogP contribution in [-0.2, 0) is 0 Å². The molecule has 0 atom stereocenters. The van der Waals surface area contributed by atoms with Crippen molar-refractivity contribution in [1.29, 1.82) is 0 Å². The minimum absolute atomic E-state index is 0.0747. The summed E-state index contributed by atoms with van der Waals surface area (Å²) < 4.78 is 1.52. The van der Waals surface area contributed by atoms with Crippen LogP contribution in [0, 0.1) is 6.92 Å². The number of nitrogens with one attached hydrogen (secondary N) is 1. The lowest BCUT2D eigenvalue weighted by Crippen LogP contribution is -2.17. The summed E-state index contributed by atoms with van der Waals surface area (Å²) in [5, 5.41) is 3.03. The second-order valence-electron chi connectivity index (χ2n) is 3.51. The number of benzene rings is 1. The van der Waals surface area contributed by atoms with E-state index in [1.165, 1.54) is 4.68 Å². The van der Waals surface area contributed by atoms with Crippen molar-refractivity contribution in [2.45, 2.75) is 6.92 Å². The van der Waals surface area contributed by atoms with Crippen LogP contribution >= 0.6 is 0 Å². The molecule has 4 nitrogen and oxygen atoms in total. The maximum atomic E-state index is 12.0. The summed E-state index contributed by atoms with van der Waals surface area (Å²) in [6, 6.07) is 9.46. The van der Waals surface area contributed by atoms with Crippen LogP contribution in [0.15, 0.2) is 40.1 Å². The molecule has 0 radical (unpaired) electrons. The minimum atomic E-state index is -0.0747. The molecule has 0 saturated carbocycles. The van der Waals surface area contributed by atoms with E-state index < -0.39 is 0 Å². The highest BCUT2D eigenvalue weighted by Gasteiger charge is 2.09. The number of H-pyrrole nitrogens is 1. The summed E-state index contributed by atoms with van der Waals surface area (Å²) >= 11 is 0. The molecule has 1 aromatic heterocycles. The average molecular weight is 215 g/mol. The Kier molecular flexibility index (Phi) is 2.72. The Labute approximate surface area is 93.2 Å². The Bertz CT molecular complexity index is 564. The lowest BCUT2D eigenvalue weighted by atomic mass is 10.3. The van der Waals surface area contributed by atoms with E-state index in [2.05, 4.69) is 10.1 Å². The van der Waals surface area contributed by atoms with E-state index >= 15 is 0 Å². The summed E-state index contributed by atoms with van der Waals surface area (Å²) in [4.78, 5) is 15.9. The van der Waals surface area contributed by atoms with Crippen molar-refractivity contribution in [1.82, 2.24) is 9.78 Å². The van der Waals surface area contributed by atoms with Gasteiger partial charge in [-0.3, -0.25) is 14.9 Å². The fraction of sp³-hybridized carbons (Fsp3) is 0.167. The lowest BCUT2D eigenvalue weighted by Gasteiger charge is -1.99. The van der Waals surface area contributed by atoms with Gasteiger partial charge in [0, 0.05) is 19.0 Å². The first-order chi connectivity index (χ1) is 7.74. The highest BCUT2D eigenvalue weighted by molar-refractivity contribution is 5.80. The average Bonchev–Trinajstić information content (AvgIpc) is 2.59. The van der Waals surface area contributed by atoms with Crippen LogP contribution < -0.4 is 5.56 Å². The van der Waals surface area contributed by atoms with Crippen molar-refractivity contribution in [3.8, 4) is 5.69 Å². The maximum absolute atomic E-state index is 12.0. The van der Waals surface area contributed by atoms with Gasteiger partial charge < -0.3 is 0 Å². The van der Waals surface area contributed by atoms with Gasteiger partial charge in [-0.05, 0) is 19.1 Å². The number of nitrogens with zero attached hydrogens (tertiary/aromatic N) is 2. The van der Waals surface area contributed by atoms with Crippen LogP contribution in [0.25, 0.3) is 5.69 Å². The normalized spacial score (nSPS) is 11.1. The van der Waals surface area contributed by atoms with E-state index in [0.29, 0.717) is 5.56 Å². The number of aromatic nitrogens is 2. The van der Waals surface area contributed by atoms with Gasteiger partial charge in [-0.1, -0.05) is 18.2 Å². The molecule has 0 spiro atoms. The van der Waals surface area contributed by atoms with Gasteiger partial charge in [0.1, 0.15) is 0 Å². The molecule has 0 aliphatic rings. The Morgan fingerprint density at radius 3 is 2.62 bits per heavy atom. The van der Waals surface area contributed by atoms with Crippen molar-refractivity contribution in [2.75, 3.05) is 7.05 Å². The Morgan fingerprint density at radius 2 is 2.00 bits per heavy atom. The monoisotopic (exact) mass is 215 g/mol. The van der Waals surface area contributed by atoms with Gasteiger partial charge in [0.15, 0.2) is 0 Å². The molecule has 4 heteroatoms. The number of rotatable bonds is 2. The van der Waals surface area contributed by atoms with Crippen molar-refractivity contribution >= 4 is 6.21 Å². The zero-order valence-corrected chi connectivity index (χ0v) is 9.27. The fourth-order valence-electron chi connectivity index (χ4n) is 1.60. The molecular formula is C12H13N3O. The van der Waals surface area contributed by atoms with Crippen molar-refractivity contribution < 1.29 is 0 Å². The third kappa shape index (κ3) is 1.69. The van der Waals surface area contributed by atoms with Crippen LogP contribution in [0.3, 0.4) is 0 Å². The Hall–Kier alpha value is -2.10. The maximum Gasteiger partial charge on any atom is 0.280 e. The van der Waals surface area contributed by atoms with Gasteiger partial charge in [0.2, 0.25) is 0 Å². The molecule has 1 aromatic carbocycles. The predicted octanol–water partition coefficient (Wildman–Crippen LogP) is 1.52. The molecule has 0 aliphatic heterocycles. The number of aliphatic imine (C=N–C) groups is 1. The zero-order chi connectivity index (χ0) is 11.5. The first-order valence-corrected chi connectivity index (χ1v) is 5.03. The van der Waals surface area contributed by atoms with E-state index in [-0.39, 0.29) is 5.56 Å². The van der Waals surface area contributed by atoms with E-state index in [1.807, 2.05) is 37.3 Å². The van der Waals surface area contributed by atoms with Gasteiger partial charge in [-0.25, -0.2) is 4.68 Å². The Morgan fingerprint density at radius 1 is 1.31 bits per heavy atom. The number of aromatic amines is 1. The first kappa shape index (κ1) is 10.4. The molecule has 2 aromatic rings. The minimum Gasteiger partial charge on any atom is -0.296 e. The molecule has 0 fully saturated rings. The zero-order valence-electron chi connectivity index (χ0n) is 9.27. The van der Waals surface area contributed by atoms with Crippen LogP contribution in [0.5, 0.6) is 0 Å². The van der Waals surface area contributed by atoms with E-state index in [1.54, 1.807) is 13.3 Å². The van der Waals surface area contributed by atoms with Gasteiger partial charge in [0.05, 0.1) is 11.3 Å². The largest absolute Gasteiger partial charge is 0.296 e. The Balaban J connectivity index is 2.61. The molecule has 0 saturated heterocycles. The highest BCUT2D eigenvalue weighted by Crippen LogP contribution is 2.05. The molecule has 16 heavy (non-hydrogen) atoms. The number of hydrogen-bond acceptors (Lipinski definition) is 2. The molecule has 0 unspecified atom stereocenters. The molecule has 2 rings (SSSR count). The molecule has 0 aliphatic carbocycles. The van der Waals surface area contributed by atoms with Crippen LogP contribution in [0.2, 0.25) is 0 Å². The fourth-order valence-corrected chi connectivity index (χ4v) is 1.60. The topological polar surface area (TPSA) is 50.1 Å². The third-order valence-corrected chi connectivity index (χ3v) is 2.39. The second-order valence-corrected chi connectivity index (χ2v) is 3.51. The van der Waals surface area contributed by atoms with E-state index in [9.17, 15) is 4.79 Å². The summed E-state index contributed by atoms with van der Waals surface area (Å²) in [6.45, 7) is 1.86. The van der Waals surface area contributed by atoms with Gasteiger partial charge in [0.25, 0.3) is 5.56 Å². The van der Waals surface area contributed by atoms with Gasteiger partial charge in [-0.2, -0.15) is 0 Å². The summed E-state index contributed by atoms with van der Waals surface area (Å²) in [5.41, 5.74) is 2.17. The second kappa shape index (κ2) is 4.18. The number of aryl methyl sites for hydroxylation is 1. The quantitative estimate of drug-likeness (QED) is 0.759. The first-order valence-electron chi connectivity index (χ1n) is 5.03. The molecule has 0 bridgehead atoms. The summed E-state index contributed by atoms with van der Waals surface area (Å²) in [7, 11) is 1.65. The van der Waals surface area contributed by atoms with Crippen molar-refractivity contribution in [2.24, 2.45) is 4.99 Å². The molecule has 1 heterocycles. The number of para-hydroxylation sites is 1. The number of hydrogen-bond donors (Lipinski definition) is 1. The van der Waals surface area contributed by atoms with Gasteiger partial charge in [-0.15, -0.1) is 0 Å². The molecule has 1 N–H and O–H groups in total. The SMILES string of the molecule is CN=Cc1c(C)[nH]n(-c2ccccc2)c1=O. The van der Waals surface area contributed by atoms with Crippen LogP contribution in [0.4, 0.5) is 0 Å².